The SMILES string of the molecule is CCNC(CCC(F)(F)F)c1cc(Cl)cnc1N. The first kappa shape index (κ1) is 15.0. The van der Waals surface area contributed by atoms with E-state index in [9.17, 15) is 13.2 Å². The molecule has 0 radical (unpaired) electrons. The van der Waals surface area contributed by atoms with Gasteiger partial charge in [0.2, 0.25) is 0 Å². The highest BCUT2D eigenvalue weighted by Gasteiger charge is 2.29. The normalized spacial score (nSPS) is 13.6. The molecule has 1 unspecified atom stereocenters. The van der Waals surface area contributed by atoms with E-state index in [4.69, 9.17) is 17.3 Å². The average Bonchev–Trinajstić information content (AvgIpc) is 2.26. The minimum Gasteiger partial charge on any atom is -0.383 e. The predicted molar refractivity (Wildman–Crippen MR) is 65.4 cm³/mol. The number of nitrogen functional groups attached to an aromatic ring is 1. The molecule has 0 saturated heterocycles. The molecule has 1 aromatic rings. The summed E-state index contributed by atoms with van der Waals surface area (Å²) in [6, 6.07) is 1.05. The molecule has 3 nitrogen and oxygen atoms in total. The van der Waals surface area contributed by atoms with Gasteiger partial charge in [-0.05, 0) is 19.0 Å². The highest BCUT2D eigenvalue weighted by Crippen LogP contribution is 2.30. The Hall–Kier alpha value is -1.01. The number of aromatic nitrogens is 1. The first-order valence-corrected chi connectivity index (χ1v) is 5.92. The second kappa shape index (κ2) is 6.24. The van der Waals surface area contributed by atoms with E-state index in [1.54, 1.807) is 6.07 Å². The lowest BCUT2D eigenvalue weighted by Crippen LogP contribution is -2.24. The number of alkyl halides is 3. The Balaban J connectivity index is 2.86. The van der Waals surface area contributed by atoms with Gasteiger partial charge in [0.1, 0.15) is 5.82 Å². The molecule has 0 aliphatic carbocycles. The van der Waals surface area contributed by atoms with Gasteiger partial charge in [-0.2, -0.15) is 13.2 Å². The van der Waals surface area contributed by atoms with Crippen LogP contribution in [0.4, 0.5) is 19.0 Å². The second-order valence-corrected chi connectivity index (χ2v) is 4.33. The number of nitrogens with one attached hydrogen (secondary N) is 1. The third-order valence-electron chi connectivity index (χ3n) is 2.46. The topological polar surface area (TPSA) is 50.9 Å². The van der Waals surface area contributed by atoms with E-state index in [0.29, 0.717) is 17.1 Å². The summed E-state index contributed by atoms with van der Waals surface area (Å²) in [5.41, 5.74) is 6.18. The minimum atomic E-state index is -4.19. The summed E-state index contributed by atoms with van der Waals surface area (Å²) in [4.78, 5) is 3.85. The van der Waals surface area contributed by atoms with Crippen molar-refractivity contribution in [3.63, 3.8) is 0 Å². The largest absolute Gasteiger partial charge is 0.389 e. The maximum Gasteiger partial charge on any atom is 0.389 e. The standard InChI is InChI=1S/C11H15ClF3N3/c1-2-17-9(3-4-11(13,14)15)8-5-7(12)6-18-10(8)16/h5-6,9,17H,2-4H2,1H3,(H2,16,18). The molecule has 3 N–H and O–H groups in total. The molecule has 7 heteroatoms. The van der Waals surface area contributed by atoms with Crippen LogP contribution in [0.5, 0.6) is 0 Å². The Labute approximate surface area is 109 Å². The van der Waals surface area contributed by atoms with Crippen molar-refractivity contribution in [2.75, 3.05) is 12.3 Å². The molecule has 0 spiro atoms. The first-order valence-electron chi connectivity index (χ1n) is 5.54. The van der Waals surface area contributed by atoms with Gasteiger partial charge in [0.25, 0.3) is 0 Å². The number of pyridine rings is 1. The molecule has 1 atom stereocenters. The first-order chi connectivity index (χ1) is 8.33. The smallest absolute Gasteiger partial charge is 0.383 e. The monoisotopic (exact) mass is 281 g/mol. The number of rotatable bonds is 5. The summed E-state index contributed by atoms with van der Waals surface area (Å²) in [7, 11) is 0. The van der Waals surface area contributed by atoms with Crippen LogP contribution < -0.4 is 11.1 Å². The third-order valence-corrected chi connectivity index (χ3v) is 2.67. The van der Waals surface area contributed by atoms with Gasteiger partial charge in [-0.15, -0.1) is 0 Å². The van der Waals surface area contributed by atoms with Crippen LogP contribution in [0, 0.1) is 0 Å². The van der Waals surface area contributed by atoms with Crippen LogP contribution in [0.2, 0.25) is 5.02 Å². The second-order valence-electron chi connectivity index (χ2n) is 3.89. The van der Waals surface area contributed by atoms with E-state index in [0.717, 1.165) is 0 Å². The predicted octanol–water partition coefficient (Wildman–Crippen LogP) is 3.31. The van der Waals surface area contributed by atoms with Crippen molar-refractivity contribution in [1.82, 2.24) is 10.3 Å². The fraction of sp³-hybridized carbons (Fsp3) is 0.545. The van der Waals surface area contributed by atoms with Gasteiger partial charge in [-0.3, -0.25) is 0 Å². The van der Waals surface area contributed by atoms with Crippen molar-refractivity contribution < 1.29 is 13.2 Å². The van der Waals surface area contributed by atoms with Crippen LogP contribution in [0.3, 0.4) is 0 Å². The van der Waals surface area contributed by atoms with E-state index in [-0.39, 0.29) is 12.2 Å². The van der Waals surface area contributed by atoms with Gasteiger partial charge in [0.15, 0.2) is 0 Å². The molecule has 1 heterocycles. The number of hydrogen-bond acceptors (Lipinski definition) is 3. The van der Waals surface area contributed by atoms with Gasteiger partial charge in [0.05, 0.1) is 5.02 Å². The third kappa shape index (κ3) is 4.70. The van der Waals surface area contributed by atoms with Gasteiger partial charge in [-0.25, -0.2) is 4.98 Å². The van der Waals surface area contributed by atoms with E-state index in [2.05, 4.69) is 10.3 Å². The summed E-state index contributed by atoms with van der Waals surface area (Å²) >= 11 is 5.78. The fourth-order valence-electron chi connectivity index (χ4n) is 1.67. The van der Waals surface area contributed by atoms with Crippen LogP contribution in [0.15, 0.2) is 12.3 Å². The maximum atomic E-state index is 12.3. The van der Waals surface area contributed by atoms with Crippen molar-refractivity contribution in [2.24, 2.45) is 0 Å². The van der Waals surface area contributed by atoms with E-state index in [1.807, 2.05) is 6.92 Å². The van der Waals surface area contributed by atoms with Gasteiger partial charge in [0, 0.05) is 24.2 Å². The molecule has 1 rings (SSSR count). The molecule has 0 fully saturated rings. The number of anilines is 1. The van der Waals surface area contributed by atoms with Crippen LogP contribution in [0.25, 0.3) is 0 Å². The highest BCUT2D eigenvalue weighted by atomic mass is 35.5. The van der Waals surface area contributed by atoms with Crippen LogP contribution in [-0.4, -0.2) is 17.7 Å². The van der Waals surface area contributed by atoms with Crippen LogP contribution in [0.1, 0.15) is 31.4 Å². The average molecular weight is 282 g/mol. The van der Waals surface area contributed by atoms with Crippen LogP contribution in [-0.2, 0) is 0 Å². The van der Waals surface area contributed by atoms with Crippen molar-refractivity contribution in [2.45, 2.75) is 32.0 Å². The van der Waals surface area contributed by atoms with E-state index < -0.39 is 18.6 Å². The molecule has 0 aliphatic heterocycles. The Kier molecular flexibility index (Phi) is 5.22. The lowest BCUT2D eigenvalue weighted by atomic mass is 10.0. The summed E-state index contributed by atoms with van der Waals surface area (Å²) in [5.74, 6) is 0.201. The molecule has 0 amide bonds. The molecule has 0 aromatic carbocycles. The van der Waals surface area contributed by atoms with E-state index in [1.165, 1.54) is 6.20 Å². The van der Waals surface area contributed by atoms with Crippen molar-refractivity contribution in [3.8, 4) is 0 Å². The fourth-order valence-corrected chi connectivity index (χ4v) is 1.83. The summed E-state index contributed by atoms with van der Waals surface area (Å²) in [5, 5.41) is 3.32. The lowest BCUT2D eigenvalue weighted by molar-refractivity contribution is -0.136. The number of nitrogens with zero attached hydrogens (tertiary/aromatic N) is 1. The van der Waals surface area contributed by atoms with Crippen molar-refractivity contribution in [3.05, 3.63) is 22.8 Å². The number of halogens is 4. The molecular formula is C11H15ClF3N3. The van der Waals surface area contributed by atoms with Crippen molar-refractivity contribution in [1.29, 1.82) is 0 Å². The zero-order valence-electron chi connectivity index (χ0n) is 9.89. The summed E-state index contributed by atoms with van der Waals surface area (Å²) in [6.45, 7) is 2.35. The van der Waals surface area contributed by atoms with E-state index >= 15 is 0 Å². The van der Waals surface area contributed by atoms with Gasteiger partial charge < -0.3 is 11.1 Å². The molecule has 102 valence electrons. The molecule has 0 aliphatic rings. The molecule has 0 bridgehead atoms. The summed E-state index contributed by atoms with van der Waals surface area (Å²) < 4.78 is 36.8. The molecular weight excluding hydrogens is 267 g/mol. The Morgan fingerprint density at radius 1 is 1.50 bits per heavy atom. The lowest BCUT2D eigenvalue weighted by Gasteiger charge is -2.20. The number of nitrogens with two attached hydrogens (primary N) is 1. The quantitative estimate of drug-likeness (QED) is 0.870. The minimum absolute atomic E-state index is 0.0937. The molecule has 1 aromatic heterocycles. The van der Waals surface area contributed by atoms with Crippen LogP contribution >= 0.6 is 11.6 Å². The Morgan fingerprint density at radius 2 is 2.17 bits per heavy atom. The Bertz CT molecular complexity index is 396. The van der Waals surface area contributed by atoms with Gasteiger partial charge >= 0.3 is 6.18 Å². The Morgan fingerprint density at radius 3 is 2.72 bits per heavy atom. The van der Waals surface area contributed by atoms with Crippen molar-refractivity contribution >= 4 is 17.4 Å². The number of hydrogen-bond donors (Lipinski definition) is 2. The highest BCUT2D eigenvalue weighted by molar-refractivity contribution is 6.30. The zero-order chi connectivity index (χ0) is 13.8. The summed E-state index contributed by atoms with van der Waals surface area (Å²) in [6.07, 6.45) is -3.79. The molecule has 0 saturated carbocycles. The molecule has 18 heavy (non-hydrogen) atoms. The zero-order valence-corrected chi connectivity index (χ0v) is 10.6. The maximum absolute atomic E-state index is 12.3. The van der Waals surface area contributed by atoms with Gasteiger partial charge in [-0.1, -0.05) is 18.5 Å².